The lowest BCUT2D eigenvalue weighted by molar-refractivity contribution is -0.137. The Kier molecular flexibility index (Phi) is 3.04. The predicted molar refractivity (Wildman–Crippen MR) is 59.4 cm³/mol. The van der Waals surface area contributed by atoms with Crippen LogP contribution in [0.4, 0.5) is 0 Å². The van der Waals surface area contributed by atoms with Crippen molar-refractivity contribution in [3.63, 3.8) is 0 Å². The van der Waals surface area contributed by atoms with Crippen LogP contribution in [0.1, 0.15) is 6.42 Å². The topological polar surface area (TPSA) is 80.9 Å². The first-order valence-corrected chi connectivity index (χ1v) is 5.86. The van der Waals surface area contributed by atoms with Crippen molar-refractivity contribution in [3.05, 3.63) is 12.7 Å². The van der Waals surface area contributed by atoms with Gasteiger partial charge in [0.2, 0.25) is 0 Å². The van der Waals surface area contributed by atoms with Crippen molar-refractivity contribution < 1.29 is 9.90 Å². The summed E-state index contributed by atoms with van der Waals surface area (Å²) in [6.07, 6.45) is 5.04. The molecule has 84 valence electrons. The van der Waals surface area contributed by atoms with Gasteiger partial charge in [0.15, 0.2) is 5.65 Å². The molecule has 0 aliphatic carbocycles. The molecule has 2 rings (SSSR count). The molecular weight excluding hydrogens is 228 g/mol. The van der Waals surface area contributed by atoms with Gasteiger partial charge in [-0.3, -0.25) is 4.79 Å². The van der Waals surface area contributed by atoms with Crippen molar-refractivity contribution in [1.82, 2.24) is 19.5 Å². The van der Waals surface area contributed by atoms with Gasteiger partial charge in [0.25, 0.3) is 0 Å². The van der Waals surface area contributed by atoms with Gasteiger partial charge < -0.3 is 9.67 Å². The Morgan fingerprint density at radius 1 is 1.50 bits per heavy atom. The fourth-order valence-electron chi connectivity index (χ4n) is 1.39. The van der Waals surface area contributed by atoms with Gasteiger partial charge in [0.1, 0.15) is 16.9 Å². The molecule has 0 atom stereocenters. The first-order chi connectivity index (χ1) is 7.72. The number of carbonyl (C=O) groups is 1. The van der Waals surface area contributed by atoms with E-state index in [0.29, 0.717) is 12.2 Å². The zero-order valence-corrected chi connectivity index (χ0v) is 9.44. The van der Waals surface area contributed by atoms with Crippen LogP contribution >= 0.6 is 11.8 Å². The molecule has 0 amide bonds. The van der Waals surface area contributed by atoms with Crippen LogP contribution < -0.4 is 0 Å². The summed E-state index contributed by atoms with van der Waals surface area (Å²) in [4.78, 5) is 22.9. The third-order valence-electron chi connectivity index (χ3n) is 2.13. The molecule has 1 N–H and O–H groups in total. The van der Waals surface area contributed by atoms with E-state index in [1.54, 1.807) is 10.9 Å². The van der Waals surface area contributed by atoms with Gasteiger partial charge >= 0.3 is 5.97 Å². The van der Waals surface area contributed by atoms with E-state index in [1.165, 1.54) is 18.1 Å². The summed E-state index contributed by atoms with van der Waals surface area (Å²) in [5.74, 6) is -0.832. The Balaban J connectivity index is 2.37. The van der Waals surface area contributed by atoms with Crippen LogP contribution in [0.3, 0.4) is 0 Å². The number of aromatic nitrogens is 4. The first-order valence-electron chi connectivity index (χ1n) is 4.64. The fraction of sp³-hybridized carbons (Fsp3) is 0.333. The molecule has 0 saturated carbocycles. The lowest BCUT2D eigenvalue weighted by Gasteiger charge is -2.00. The van der Waals surface area contributed by atoms with Crippen molar-refractivity contribution in [2.45, 2.75) is 18.0 Å². The summed E-state index contributed by atoms with van der Waals surface area (Å²) >= 11 is 1.49. The van der Waals surface area contributed by atoms with Crippen molar-refractivity contribution >= 4 is 28.9 Å². The summed E-state index contributed by atoms with van der Waals surface area (Å²) < 4.78 is 1.73. The summed E-state index contributed by atoms with van der Waals surface area (Å²) in [5, 5.41) is 9.42. The summed E-state index contributed by atoms with van der Waals surface area (Å²) in [7, 11) is 0. The quantitative estimate of drug-likeness (QED) is 0.632. The number of carboxylic acid groups (broad SMARTS) is 1. The fourth-order valence-corrected chi connectivity index (χ4v) is 1.88. The van der Waals surface area contributed by atoms with Gasteiger partial charge in [-0.25, -0.2) is 15.0 Å². The van der Waals surface area contributed by atoms with Crippen LogP contribution in [-0.4, -0.2) is 36.9 Å². The molecule has 2 heterocycles. The Hall–Kier alpha value is -1.63. The van der Waals surface area contributed by atoms with E-state index in [9.17, 15) is 4.79 Å². The van der Waals surface area contributed by atoms with Crippen LogP contribution in [0.25, 0.3) is 11.2 Å². The summed E-state index contributed by atoms with van der Waals surface area (Å²) in [5.41, 5.74) is 1.40. The molecule has 0 aromatic carbocycles. The van der Waals surface area contributed by atoms with Gasteiger partial charge in [0.05, 0.1) is 12.7 Å². The molecule has 2 aromatic heterocycles. The van der Waals surface area contributed by atoms with Gasteiger partial charge in [-0.15, -0.1) is 11.8 Å². The molecule has 0 aliphatic heterocycles. The average molecular weight is 238 g/mol. The number of rotatable bonds is 4. The molecule has 0 unspecified atom stereocenters. The SMILES string of the molecule is CSc1ncnc2c1ncn2CCC(=O)O. The van der Waals surface area contributed by atoms with E-state index in [1.807, 2.05) is 6.26 Å². The average Bonchev–Trinajstić information content (AvgIpc) is 2.69. The Morgan fingerprint density at radius 3 is 3.00 bits per heavy atom. The lowest BCUT2D eigenvalue weighted by Crippen LogP contribution is -2.04. The lowest BCUT2D eigenvalue weighted by atomic mass is 10.4. The maximum atomic E-state index is 10.5. The highest BCUT2D eigenvalue weighted by atomic mass is 32.2. The van der Waals surface area contributed by atoms with E-state index in [0.717, 1.165) is 10.5 Å². The highest BCUT2D eigenvalue weighted by molar-refractivity contribution is 7.98. The molecule has 16 heavy (non-hydrogen) atoms. The number of hydrogen-bond donors (Lipinski definition) is 1. The van der Waals surface area contributed by atoms with Crippen LogP contribution in [-0.2, 0) is 11.3 Å². The molecule has 0 aliphatic rings. The molecule has 0 saturated heterocycles. The molecule has 7 heteroatoms. The number of hydrogen-bond acceptors (Lipinski definition) is 5. The van der Waals surface area contributed by atoms with E-state index >= 15 is 0 Å². The van der Waals surface area contributed by atoms with E-state index in [-0.39, 0.29) is 6.42 Å². The van der Waals surface area contributed by atoms with E-state index in [4.69, 9.17) is 5.11 Å². The van der Waals surface area contributed by atoms with E-state index in [2.05, 4.69) is 15.0 Å². The zero-order valence-electron chi connectivity index (χ0n) is 8.62. The van der Waals surface area contributed by atoms with Crippen molar-refractivity contribution in [1.29, 1.82) is 0 Å². The number of aryl methyl sites for hydroxylation is 1. The smallest absolute Gasteiger partial charge is 0.305 e. The van der Waals surface area contributed by atoms with E-state index < -0.39 is 5.97 Å². The van der Waals surface area contributed by atoms with Gasteiger partial charge in [0, 0.05) is 6.54 Å². The van der Waals surface area contributed by atoms with Crippen molar-refractivity contribution in [3.8, 4) is 0 Å². The Morgan fingerprint density at radius 2 is 2.31 bits per heavy atom. The molecule has 0 spiro atoms. The summed E-state index contributed by atoms with van der Waals surface area (Å²) in [6, 6.07) is 0. The second kappa shape index (κ2) is 4.48. The second-order valence-corrected chi connectivity index (χ2v) is 3.93. The number of thioether (sulfide) groups is 1. The maximum Gasteiger partial charge on any atom is 0.305 e. The highest BCUT2D eigenvalue weighted by Gasteiger charge is 2.09. The monoisotopic (exact) mass is 238 g/mol. The molecule has 0 fully saturated rings. The number of fused-ring (bicyclic) bond motifs is 1. The predicted octanol–water partition coefficient (Wildman–Crippen LogP) is 1.02. The van der Waals surface area contributed by atoms with Gasteiger partial charge in [-0.2, -0.15) is 0 Å². The van der Waals surface area contributed by atoms with Gasteiger partial charge in [-0.05, 0) is 6.26 Å². The Bertz CT molecular complexity index is 525. The molecule has 6 nitrogen and oxygen atoms in total. The minimum atomic E-state index is -0.832. The number of nitrogens with zero attached hydrogens (tertiary/aromatic N) is 4. The normalized spacial score (nSPS) is 10.8. The number of aliphatic carboxylic acids is 1. The summed E-state index contributed by atoms with van der Waals surface area (Å²) in [6.45, 7) is 0.372. The van der Waals surface area contributed by atoms with Gasteiger partial charge in [-0.1, -0.05) is 0 Å². The van der Waals surface area contributed by atoms with Crippen molar-refractivity contribution in [2.24, 2.45) is 0 Å². The third-order valence-corrected chi connectivity index (χ3v) is 2.81. The molecule has 2 aromatic rings. The Labute approximate surface area is 95.7 Å². The maximum absolute atomic E-state index is 10.5. The molecular formula is C9H10N4O2S. The molecule has 0 bridgehead atoms. The minimum absolute atomic E-state index is 0.0596. The second-order valence-electron chi connectivity index (χ2n) is 3.14. The van der Waals surface area contributed by atoms with Crippen LogP contribution in [0.5, 0.6) is 0 Å². The zero-order chi connectivity index (χ0) is 11.5. The number of imidazole rings is 1. The van der Waals surface area contributed by atoms with Crippen molar-refractivity contribution in [2.75, 3.05) is 6.26 Å². The standard InChI is InChI=1S/C9H10N4O2S/c1-16-9-7-8(10-4-11-9)13(5-12-7)3-2-6(14)15/h4-5H,2-3H2,1H3,(H,14,15). The minimum Gasteiger partial charge on any atom is -0.481 e. The van der Waals surface area contributed by atoms with Crippen LogP contribution in [0.2, 0.25) is 0 Å². The number of carboxylic acids is 1. The largest absolute Gasteiger partial charge is 0.481 e. The van der Waals surface area contributed by atoms with Crippen LogP contribution in [0.15, 0.2) is 17.7 Å². The third kappa shape index (κ3) is 1.99. The highest BCUT2D eigenvalue weighted by Crippen LogP contribution is 2.20. The molecule has 0 radical (unpaired) electrons. The first kappa shape index (κ1) is 10.9. The van der Waals surface area contributed by atoms with Crippen LogP contribution in [0, 0.1) is 0 Å².